The molecule has 3 fully saturated rings. The van der Waals surface area contributed by atoms with Crippen molar-refractivity contribution in [2.75, 3.05) is 13.7 Å². The van der Waals surface area contributed by atoms with Gasteiger partial charge in [-0.1, -0.05) is 32.0 Å². The maximum atomic E-state index is 14.7. The lowest BCUT2D eigenvalue weighted by molar-refractivity contribution is -0.346. The summed E-state index contributed by atoms with van der Waals surface area (Å²) in [5.74, 6) is -5.28. The molecule has 1 saturated heterocycles. The van der Waals surface area contributed by atoms with Crippen LogP contribution >= 0.6 is 0 Å². The predicted molar refractivity (Wildman–Crippen MR) is 170 cm³/mol. The molecule has 3 aliphatic carbocycles. The van der Waals surface area contributed by atoms with E-state index in [2.05, 4.69) is 10.1 Å². The lowest BCUT2D eigenvalue weighted by Gasteiger charge is -2.67. The smallest absolute Gasteiger partial charge is 0.407 e. The maximum absolute atomic E-state index is 14.7. The first-order chi connectivity index (χ1) is 23.3. The van der Waals surface area contributed by atoms with Crippen LogP contribution in [0.15, 0.2) is 41.5 Å². The van der Waals surface area contributed by atoms with Gasteiger partial charge in [0, 0.05) is 25.2 Å². The van der Waals surface area contributed by atoms with Gasteiger partial charge in [0.15, 0.2) is 17.5 Å². The molecule has 274 valence electrons. The molecule has 1 aromatic carbocycles. The summed E-state index contributed by atoms with van der Waals surface area (Å²) in [5.41, 5.74) is -7.38. The Hall–Kier alpha value is -3.89. The first-order valence-electron chi connectivity index (χ1n) is 16.4. The number of Topliss-reactive ketones (excluding diaryl/α,β-unsaturated/α-hetero) is 1. The van der Waals surface area contributed by atoms with E-state index in [4.69, 9.17) is 18.9 Å². The Balaban J connectivity index is 1.71. The van der Waals surface area contributed by atoms with Crippen molar-refractivity contribution in [2.45, 2.75) is 108 Å². The molecule has 50 heavy (non-hydrogen) atoms. The molecule has 4 aliphatic rings. The fourth-order valence-corrected chi connectivity index (χ4v) is 8.51. The normalized spacial score (nSPS) is 36.9. The number of carbonyl (C=O) groups excluding carboxylic acids is 5. The van der Waals surface area contributed by atoms with E-state index in [0.717, 1.165) is 14.0 Å². The van der Waals surface area contributed by atoms with E-state index in [9.17, 15) is 44.4 Å². The van der Waals surface area contributed by atoms with Gasteiger partial charge < -0.3 is 49.4 Å². The van der Waals surface area contributed by atoms with Crippen molar-refractivity contribution in [1.29, 1.82) is 0 Å². The average Bonchev–Trinajstić information content (AvgIpc) is 3.06. The molecule has 0 aromatic heterocycles. The summed E-state index contributed by atoms with van der Waals surface area (Å²) in [6, 6.07) is 6.66. The fourth-order valence-electron chi connectivity index (χ4n) is 8.51. The summed E-state index contributed by atoms with van der Waals surface area (Å²) in [6.07, 6.45) is -11.1. The number of carbonyl (C=O) groups is 5. The van der Waals surface area contributed by atoms with Crippen molar-refractivity contribution in [1.82, 2.24) is 5.32 Å². The Morgan fingerprint density at radius 3 is 2.26 bits per heavy atom. The minimum absolute atomic E-state index is 0.0505. The summed E-state index contributed by atoms with van der Waals surface area (Å²) >= 11 is 0. The molecule has 1 aromatic rings. The largest absolute Gasteiger partial charge is 0.456 e. The highest BCUT2D eigenvalue weighted by molar-refractivity contribution is 5.94. The molecule has 11 atom stereocenters. The van der Waals surface area contributed by atoms with Gasteiger partial charge in [-0.05, 0) is 44.1 Å². The number of hydrogen-bond acceptors (Lipinski definition) is 14. The van der Waals surface area contributed by atoms with Crippen LogP contribution in [-0.4, -0.2) is 118 Å². The Morgan fingerprint density at radius 2 is 1.70 bits per heavy atom. The lowest BCUT2D eigenvalue weighted by atomic mass is 9.44. The van der Waals surface area contributed by atoms with Crippen molar-refractivity contribution in [3.8, 4) is 0 Å². The van der Waals surface area contributed by atoms with E-state index in [1.54, 1.807) is 18.2 Å². The highest BCUT2D eigenvalue weighted by atomic mass is 16.6. The van der Waals surface area contributed by atoms with Gasteiger partial charge in [0.25, 0.3) is 0 Å². The molecule has 1 aliphatic heterocycles. The Kier molecular flexibility index (Phi) is 9.73. The number of amides is 1. The molecule has 5 rings (SSSR count). The van der Waals surface area contributed by atoms with Crippen LogP contribution in [0.5, 0.6) is 0 Å². The third-order valence-electron chi connectivity index (χ3n) is 11.4. The maximum Gasteiger partial charge on any atom is 0.407 e. The number of aliphatic hydroxyl groups is 4. The molecule has 15 nitrogen and oxygen atoms in total. The third kappa shape index (κ3) is 5.59. The fraction of sp³-hybridized carbons (Fsp3) is 0.629. The summed E-state index contributed by atoms with van der Waals surface area (Å²) in [5, 5.41) is 49.8. The standard InChI is InChI=1S/C35H45NO14/c1-16-20(48-30(43)24(39)17(2)36-31(44)46-7)14-35(45)28(49-29(42)19-11-9-8-10-12-19)26-33(6,27(41)25(40)23(16)32(35,4)5)21(38)13-22-34(26,15-47-22)50-18(3)37/h8-12,17,20-22,24-26,28,38-40,45H,13-15H2,1-7H3,(H,36,44)/t17-,20-,21-,22+,24+,25+,26?,28-,33+,34-,35+/m0/s1. The van der Waals surface area contributed by atoms with E-state index in [1.165, 1.54) is 46.8 Å². The van der Waals surface area contributed by atoms with Crippen LogP contribution in [0.25, 0.3) is 0 Å². The van der Waals surface area contributed by atoms with Crippen molar-refractivity contribution in [2.24, 2.45) is 16.7 Å². The zero-order valence-corrected chi connectivity index (χ0v) is 29.0. The van der Waals surface area contributed by atoms with Gasteiger partial charge in [0.1, 0.15) is 30.0 Å². The number of ketones is 1. The molecule has 0 spiro atoms. The SMILES string of the molecule is COC(=O)N[C@@H](C)[C@@H](O)C(=O)O[C@H]1C[C@@]2(O)[C@@H](OC(=O)c3ccccc3)C3[C@](C)(C(=O)[C@H](O)C(=C1C)C2(C)C)[C@@H](O)C[C@H]1OC[C@@]31OC(C)=O. The third-order valence-corrected chi connectivity index (χ3v) is 11.4. The first kappa shape index (κ1) is 37.4. The van der Waals surface area contributed by atoms with Gasteiger partial charge in [-0.2, -0.15) is 0 Å². The lowest BCUT2D eigenvalue weighted by Crippen LogP contribution is -2.81. The van der Waals surface area contributed by atoms with E-state index in [0.29, 0.717) is 0 Å². The van der Waals surface area contributed by atoms with E-state index in [-0.39, 0.29) is 29.7 Å². The molecule has 1 unspecified atom stereocenters. The molecular formula is C35H45NO14. The monoisotopic (exact) mass is 703 g/mol. The number of fused-ring (bicyclic) bond motifs is 5. The number of ether oxygens (including phenoxy) is 5. The molecule has 15 heteroatoms. The Morgan fingerprint density at radius 1 is 1.06 bits per heavy atom. The zero-order valence-electron chi connectivity index (χ0n) is 29.0. The van der Waals surface area contributed by atoms with Crippen LogP contribution in [0.2, 0.25) is 0 Å². The van der Waals surface area contributed by atoms with Crippen LogP contribution in [0.3, 0.4) is 0 Å². The number of hydrogen-bond donors (Lipinski definition) is 5. The van der Waals surface area contributed by atoms with Gasteiger partial charge in [-0.15, -0.1) is 0 Å². The second kappa shape index (κ2) is 13.0. The van der Waals surface area contributed by atoms with E-state index >= 15 is 0 Å². The van der Waals surface area contributed by atoms with Crippen LogP contribution in [0.1, 0.15) is 64.7 Å². The Labute approximate surface area is 288 Å². The molecule has 2 bridgehead atoms. The molecule has 2 saturated carbocycles. The van der Waals surface area contributed by atoms with Gasteiger partial charge >= 0.3 is 24.0 Å². The quantitative estimate of drug-likeness (QED) is 0.150. The second-order valence-corrected chi connectivity index (χ2v) is 14.5. The van der Waals surface area contributed by atoms with Crippen LogP contribution < -0.4 is 5.32 Å². The number of esters is 3. The minimum Gasteiger partial charge on any atom is -0.456 e. The predicted octanol–water partition coefficient (Wildman–Crippen LogP) is 0.738. The van der Waals surface area contributed by atoms with Gasteiger partial charge in [0.2, 0.25) is 0 Å². The molecule has 5 N–H and O–H groups in total. The van der Waals surface area contributed by atoms with Gasteiger partial charge in [-0.25, -0.2) is 14.4 Å². The first-order valence-corrected chi connectivity index (χ1v) is 16.4. The number of alkyl carbamates (subject to hydrolysis) is 1. The Bertz CT molecular complexity index is 1590. The number of rotatable bonds is 7. The number of nitrogens with one attached hydrogen (secondary N) is 1. The second-order valence-electron chi connectivity index (χ2n) is 14.5. The van der Waals surface area contributed by atoms with Crippen LogP contribution in [0, 0.1) is 16.7 Å². The van der Waals surface area contributed by atoms with Crippen molar-refractivity contribution in [3.63, 3.8) is 0 Å². The van der Waals surface area contributed by atoms with Crippen molar-refractivity contribution < 1.29 is 68.1 Å². The van der Waals surface area contributed by atoms with Crippen LogP contribution in [0.4, 0.5) is 4.79 Å². The van der Waals surface area contributed by atoms with Crippen LogP contribution in [-0.2, 0) is 38.1 Å². The minimum atomic E-state index is -2.31. The average molecular weight is 704 g/mol. The molecular weight excluding hydrogens is 658 g/mol. The van der Waals surface area contributed by atoms with E-state index in [1.807, 2.05) is 0 Å². The summed E-state index contributed by atoms with van der Waals surface area (Å²) < 4.78 is 28.2. The highest BCUT2D eigenvalue weighted by Gasteiger charge is 2.78. The van der Waals surface area contributed by atoms with E-state index < -0.39 is 107 Å². The molecule has 1 amide bonds. The highest BCUT2D eigenvalue weighted by Crippen LogP contribution is 2.64. The summed E-state index contributed by atoms with van der Waals surface area (Å²) in [6.45, 7) is 8.16. The topological polar surface area (TPSA) is 224 Å². The number of methoxy groups -OCH3 is 1. The van der Waals surface area contributed by atoms with Crippen molar-refractivity contribution >= 4 is 29.8 Å². The zero-order chi connectivity index (χ0) is 37.1. The number of aliphatic hydroxyl groups excluding tert-OH is 3. The number of benzene rings is 1. The summed E-state index contributed by atoms with van der Waals surface area (Å²) in [4.78, 5) is 66.3. The summed E-state index contributed by atoms with van der Waals surface area (Å²) in [7, 11) is 1.10. The molecule has 0 radical (unpaired) electrons. The van der Waals surface area contributed by atoms with Gasteiger partial charge in [-0.3, -0.25) is 9.59 Å². The van der Waals surface area contributed by atoms with Crippen molar-refractivity contribution in [3.05, 3.63) is 47.0 Å². The molecule has 1 heterocycles. The van der Waals surface area contributed by atoms with Gasteiger partial charge in [0.05, 0.1) is 42.8 Å².